The van der Waals surface area contributed by atoms with Crippen LogP contribution in [0.5, 0.6) is 5.75 Å². The fraction of sp³-hybridized carbons (Fsp3) is 0.346. The number of nitrogens with zero attached hydrogens (tertiary/aromatic N) is 2. The summed E-state index contributed by atoms with van der Waals surface area (Å²) in [5, 5.41) is 10.1. The van der Waals surface area contributed by atoms with Crippen molar-refractivity contribution in [3.8, 4) is 11.4 Å². The second-order valence-electron chi connectivity index (χ2n) is 9.55. The molecule has 3 aromatic rings. The first-order valence-corrected chi connectivity index (χ1v) is 11.3. The second kappa shape index (κ2) is 7.84. The highest BCUT2D eigenvalue weighted by atomic mass is 19.4. The number of likely N-dealkylation sites (tertiary alicyclic amines) is 1. The number of aromatic nitrogens is 1. The van der Waals surface area contributed by atoms with Crippen molar-refractivity contribution in [3.63, 3.8) is 0 Å². The van der Waals surface area contributed by atoms with Gasteiger partial charge >= 0.3 is 6.18 Å². The van der Waals surface area contributed by atoms with E-state index in [4.69, 9.17) is 4.74 Å². The molecule has 5 rings (SSSR count). The molecule has 0 aliphatic carbocycles. The molecule has 9 heteroatoms. The Labute approximate surface area is 199 Å². The first-order chi connectivity index (χ1) is 16.4. The van der Waals surface area contributed by atoms with Crippen LogP contribution in [-0.2, 0) is 17.4 Å². The van der Waals surface area contributed by atoms with Crippen molar-refractivity contribution in [1.82, 2.24) is 9.47 Å². The Morgan fingerprint density at radius 3 is 2.34 bits per heavy atom. The van der Waals surface area contributed by atoms with Gasteiger partial charge in [-0.3, -0.25) is 4.79 Å². The number of carbonyl (C=O) groups is 1. The molecular weight excluding hydrogens is 464 g/mol. The molecule has 2 aromatic carbocycles. The van der Waals surface area contributed by atoms with Crippen LogP contribution in [0.4, 0.5) is 17.6 Å². The van der Waals surface area contributed by atoms with Gasteiger partial charge in [-0.2, -0.15) is 13.2 Å². The van der Waals surface area contributed by atoms with Crippen LogP contribution >= 0.6 is 0 Å². The van der Waals surface area contributed by atoms with Gasteiger partial charge in [0.1, 0.15) is 17.3 Å². The fourth-order valence-electron chi connectivity index (χ4n) is 5.02. The number of alkyl halides is 3. The Morgan fingerprint density at radius 2 is 1.71 bits per heavy atom. The van der Waals surface area contributed by atoms with Crippen LogP contribution in [0.15, 0.2) is 54.6 Å². The van der Waals surface area contributed by atoms with Crippen molar-refractivity contribution >= 4 is 5.91 Å². The molecule has 1 saturated heterocycles. The van der Waals surface area contributed by atoms with Crippen molar-refractivity contribution in [3.05, 3.63) is 82.9 Å². The third kappa shape index (κ3) is 3.87. The summed E-state index contributed by atoms with van der Waals surface area (Å²) < 4.78 is 63.4. The standard InChI is InChI=1S/C26H24F4N2O3/c1-24(2,34)17-8-7-16(15-18(17)27)23(33)31-13-11-25(12-14-31)21-9-10-22(26(28,29)30)32(21)19-5-3-4-6-20(19)35-25/h3-10,15,34H,11-14H2,1-2H3. The molecule has 1 N–H and O–H groups in total. The van der Waals surface area contributed by atoms with E-state index in [1.807, 2.05) is 0 Å². The average molecular weight is 488 g/mol. The van der Waals surface area contributed by atoms with Crippen LogP contribution in [0.1, 0.15) is 54.0 Å². The number of fused-ring (bicyclic) bond motifs is 4. The van der Waals surface area contributed by atoms with Crippen LogP contribution in [0.3, 0.4) is 0 Å². The Morgan fingerprint density at radius 1 is 1.03 bits per heavy atom. The zero-order chi connectivity index (χ0) is 25.2. The van der Waals surface area contributed by atoms with Gasteiger partial charge in [0.2, 0.25) is 0 Å². The highest BCUT2D eigenvalue weighted by Gasteiger charge is 2.48. The molecule has 0 bridgehead atoms. The number of benzene rings is 2. The van der Waals surface area contributed by atoms with Crippen molar-refractivity contribution in [2.75, 3.05) is 13.1 Å². The monoisotopic (exact) mass is 488 g/mol. The topological polar surface area (TPSA) is 54.7 Å². The van der Waals surface area contributed by atoms with E-state index in [2.05, 4.69) is 0 Å². The smallest absolute Gasteiger partial charge is 0.431 e. The molecule has 184 valence electrons. The van der Waals surface area contributed by atoms with E-state index in [1.165, 1.54) is 36.6 Å². The molecule has 0 unspecified atom stereocenters. The predicted molar refractivity (Wildman–Crippen MR) is 120 cm³/mol. The van der Waals surface area contributed by atoms with Crippen LogP contribution in [0.2, 0.25) is 0 Å². The molecule has 5 nitrogen and oxygen atoms in total. The first kappa shape index (κ1) is 23.4. The van der Waals surface area contributed by atoms with E-state index in [1.54, 1.807) is 29.2 Å². The van der Waals surface area contributed by atoms with Crippen LogP contribution < -0.4 is 4.74 Å². The summed E-state index contributed by atoms with van der Waals surface area (Å²) >= 11 is 0. The fourth-order valence-corrected chi connectivity index (χ4v) is 5.02. The van der Waals surface area contributed by atoms with E-state index < -0.39 is 28.9 Å². The summed E-state index contributed by atoms with van der Waals surface area (Å²) in [6, 6.07) is 13.1. The van der Waals surface area contributed by atoms with E-state index in [-0.39, 0.29) is 43.0 Å². The third-order valence-corrected chi connectivity index (χ3v) is 6.78. The number of hydrogen-bond donors (Lipinski definition) is 1. The van der Waals surface area contributed by atoms with Crippen LogP contribution in [0, 0.1) is 5.82 Å². The van der Waals surface area contributed by atoms with Gasteiger partial charge in [-0.15, -0.1) is 0 Å². The van der Waals surface area contributed by atoms with Crippen LogP contribution in [-0.4, -0.2) is 33.6 Å². The molecule has 0 atom stereocenters. The number of piperidine rings is 1. The number of carbonyl (C=O) groups excluding carboxylic acids is 1. The molecule has 1 aromatic heterocycles. The van der Waals surface area contributed by atoms with E-state index in [0.29, 0.717) is 17.1 Å². The van der Waals surface area contributed by atoms with Crippen molar-refractivity contribution in [1.29, 1.82) is 0 Å². The van der Waals surface area contributed by atoms with Crippen molar-refractivity contribution in [2.24, 2.45) is 0 Å². The zero-order valence-corrected chi connectivity index (χ0v) is 19.2. The lowest BCUT2D eigenvalue weighted by molar-refractivity contribution is -0.143. The van der Waals surface area contributed by atoms with Crippen LogP contribution in [0.25, 0.3) is 5.69 Å². The minimum Gasteiger partial charge on any atom is -0.479 e. The summed E-state index contributed by atoms with van der Waals surface area (Å²) in [6.45, 7) is 3.36. The summed E-state index contributed by atoms with van der Waals surface area (Å²) in [5.74, 6) is -0.712. The molecule has 2 aliphatic heterocycles. The Hall–Kier alpha value is -3.33. The van der Waals surface area contributed by atoms with Crippen molar-refractivity contribution < 1.29 is 32.2 Å². The maximum atomic E-state index is 14.5. The molecule has 2 aliphatic rings. The van der Waals surface area contributed by atoms with E-state index >= 15 is 0 Å². The van der Waals surface area contributed by atoms with Gasteiger partial charge < -0.3 is 19.3 Å². The number of para-hydroxylation sites is 2. The molecule has 0 radical (unpaired) electrons. The van der Waals surface area contributed by atoms with Gasteiger partial charge in [0.25, 0.3) is 5.91 Å². The summed E-state index contributed by atoms with van der Waals surface area (Å²) in [5.41, 5.74) is -2.23. The number of halogens is 4. The maximum absolute atomic E-state index is 14.5. The van der Waals surface area contributed by atoms with E-state index in [0.717, 1.165) is 12.1 Å². The quantitative estimate of drug-likeness (QED) is 0.493. The van der Waals surface area contributed by atoms with Gasteiger partial charge in [0, 0.05) is 37.1 Å². The molecule has 35 heavy (non-hydrogen) atoms. The average Bonchev–Trinajstić information content (AvgIpc) is 3.26. The molecule has 0 saturated carbocycles. The largest absolute Gasteiger partial charge is 0.479 e. The number of amides is 1. The normalized spacial score (nSPS) is 17.1. The lowest BCUT2D eigenvalue weighted by atomic mass is 9.86. The van der Waals surface area contributed by atoms with Gasteiger partial charge in [-0.25, -0.2) is 4.39 Å². The SMILES string of the molecule is CC(C)(O)c1ccc(C(=O)N2CCC3(CC2)Oc2ccccc2-n2c(C(F)(F)F)ccc23)cc1F. The Balaban J connectivity index is 1.43. The minimum atomic E-state index is -4.54. The summed E-state index contributed by atoms with van der Waals surface area (Å²) in [6.07, 6.45) is -3.99. The molecular formula is C26H24F4N2O3. The van der Waals surface area contributed by atoms with Crippen molar-refractivity contribution in [2.45, 2.75) is 44.1 Å². The molecule has 1 spiro atoms. The van der Waals surface area contributed by atoms with Gasteiger partial charge in [-0.1, -0.05) is 18.2 Å². The lowest BCUT2D eigenvalue weighted by Crippen LogP contribution is -2.50. The highest BCUT2D eigenvalue weighted by Crippen LogP contribution is 2.48. The summed E-state index contributed by atoms with van der Waals surface area (Å²) in [4.78, 5) is 14.6. The van der Waals surface area contributed by atoms with Gasteiger partial charge in [-0.05, 0) is 50.2 Å². The third-order valence-electron chi connectivity index (χ3n) is 6.78. The van der Waals surface area contributed by atoms with Gasteiger partial charge in [0.05, 0.1) is 17.0 Å². The zero-order valence-electron chi connectivity index (χ0n) is 19.2. The first-order valence-electron chi connectivity index (χ1n) is 11.3. The van der Waals surface area contributed by atoms with Gasteiger partial charge in [0.15, 0.2) is 5.60 Å². The molecule has 1 amide bonds. The number of ether oxygens (including phenoxy) is 1. The predicted octanol–water partition coefficient (Wildman–Crippen LogP) is 5.39. The molecule has 1 fully saturated rings. The second-order valence-corrected chi connectivity index (χ2v) is 9.55. The van der Waals surface area contributed by atoms with E-state index in [9.17, 15) is 27.5 Å². The molecule has 3 heterocycles. The number of rotatable bonds is 2. The Kier molecular flexibility index (Phi) is 5.25. The summed E-state index contributed by atoms with van der Waals surface area (Å²) in [7, 11) is 0. The maximum Gasteiger partial charge on any atom is 0.431 e. The highest BCUT2D eigenvalue weighted by molar-refractivity contribution is 5.94. The number of aliphatic hydroxyl groups is 1. The Bertz CT molecular complexity index is 1300. The minimum absolute atomic E-state index is 0.0853. The number of hydrogen-bond acceptors (Lipinski definition) is 3. The lowest BCUT2D eigenvalue weighted by Gasteiger charge is -2.45.